The lowest BCUT2D eigenvalue weighted by Gasteiger charge is -2.26. The number of Topliss-reactive ketones (excluding diaryl/α,β-unsaturated/α-hetero) is 1. The molecule has 0 radical (unpaired) electrons. The normalized spacial score (nSPS) is 16.5. The number of benzene rings is 3. The summed E-state index contributed by atoms with van der Waals surface area (Å²) in [5.41, 5.74) is 2.04. The molecule has 38 heavy (non-hydrogen) atoms. The fraction of sp³-hybridized carbons (Fsp3) is 0.241. The molecular formula is C29H29ClN2O6. The van der Waals surface area contributed by atoms with Crippen LogP contribution >= 0.6 is 11.6 Å². The van der Waals surface area contributed by atoms with Crippen LogP contribution in [0.3, 0.4) is 0 Å². The summed E-state index contributed by atoms with van der Waals surface area (Å²) in [4.78, 5) is 30.3. The van der Waals surface area contributed by atoms with Crippen molar-refractivity contribution in [1.29, 1.82) is 0 Å². The predicted molar refractivity (Wildman–Crippen MR) is 148 cm³/mol. The molecule has 1 fully saturated rings. The van der Waals surface area contributed by atoms with Crippen molar-refractivity contribution >= 4 is 40.4 Å². The minimum Gasteiger partial charge on any atom is -0.507 e. The average Bonchev–Trinajstić information content (AvgIpc) is 3.19. The summed E-state index contributed by atoms with van der Waals surface area (Å²) in [6.07, 6.45) is 0. The van der Waals surface area contributed by atoms with Crippen LogP contribution in [0.15, 0.2) is 66.2 Å². The molecule has 198 valence electrons. The van der Waals surface area contributed by atoms with Crippen LogP contribution < -0.4 is 24.0 Å². The second-order valence-electron chi connectivity index (χ2n) is 8.77. The van der Waals surface area contributed by atoms with Gasteiger partial charge in [0.05, 0.1) is 37.5 Å². The van der Waals surface area contributed by atoms with Crippen molar-refractivity contribution in [3.8, 4) is 17.2 Å². The van der Waals surface area contributed by atoms with Gasteiger partial charge in [0.2, 0.25) is 0 Å². The van der Waals surface area contributed by atoms with Crippen molar-refractivity contribution < 1.29 is 28.9 Å². The molecule has 0 saturated carbocycles. The highest BCUT2D eigenvalue weighted by Crippen LogP contribution is 2.45. The Hall–Kier alpha value is -4.17. The van der Waals surface area contributed by atoms with Gasteiger partial charge in [-0.2, -0.15) is 0 Å². The first-order valence-corrected chi connectivity index (χ1v) is 12.3. The number of hydrogen-bond acceptors (Lipinski definition) is 7. The van der Waals surface area contributed by atoms with Crippen LogP contribution in [-0.4, -0.2) is 51.7 Å². The van der Waals surface area contributed by atoms with E-state index in [1.165, 1.54) is 19.1 Å². The minimum atomic E-state index is -0.966. The first kappa shape index (κ1) is 26.9. The number of anilines is 2. The number of aliphatic hydroxyl groups is 1. The van der Waals surface area contributed by atoms with Crippen molar-refractivity contribution in [2.45, 2.75) is 13.0 Å². The molecule has 3 aromatic rings. The molecule has 3 aromatic carbocycles. The molecule has 8 nitrogen and oxygen atoms in total. The van der Waals surface area contributed by atoms with Crippen molar-refractivity contribution in [3.05, 3.63) is 82.4 Å². The molecule has 0 bridgehead atoms. The third kappa shape index (κ3) is 4.87. The molecule has 9 heteroatoms. The summed E-state index contributed by atoms with van der Waals surface area (Å²) >= 11 is 6.43. The molecule has 1 aliphatic rings. The maximum Gasteiger partial charge on any atom is 0.300 e. The lowest BCUT2D eigenvalue weighted by molar-refractivity contribution is -0.132. The van der Waals surface area contributed by atoms with Crippen molar-refractivity contribution in [2.24, 2.45) is 0 Å². The van der Waals surface area contributed by atoms with Gasteiger partial charge in [0.15, 0.2) is 11.5 Å². The van der Waals surface area contributed by atoms with Crippen LogP contribution in [0, 0.1) is 0 Å². The van der Waals surface area contributed by atoms with Gasteiger partial charge in [-0.1, -0.05) is 17.7 Å². The van der Waals surface area contributed by atoms with E-state index >= 15 is 0 Å². The number of rotatable bonds is 8. The zero-order valence-electron chi connectivity index (χ0n) is 21.8. The molecule has 1 aliphatic heterocycles. The topological polar surface area (TPSA) is 88.5 Å². The number of halogens is 1. The fourth-order valence-corrected chi connectivity index (χ4v) is 4.64. The smallest absolute Gasteiger partial charge is 0.300 e. The quantitative estimate of drug-likeness (QED) is 0.233. The van der Waals surface area contributed by atoms with Crippen LogP contribution in [0.25, 0.3) is 5.76 Å². The molecule has 1 unspecified atom stereocenters. The van der Waals surface area contributed by atoms with Crippen LogP contribution in [0.5, 0.6) is 17.2 Å². The molecule has 1 amide bonds. The highest BCUT2D eigenvalue weighted by atomic mass is 35.5. The van der Waals surface area contributed by atoms with Gasteiger partial charge in [-0.15, -0.1) is 0 Å². The number of ether oxygens (including phenoxy) is 3. The van der Waals surface area contributed by atoms with Gasteiger partial charge >= 0.3 is 0 Å². The van der Waals surface area contributed by atoms with Crippen molar-refractivity contribution in [3.63, 3.8) is 0 Å². The van der Waals surface area contributed by atoms with Crippen LogP contribution in [-0.2, 0) is 9.59 Å². The summed E-state index contributed by atoms with van der Waals surface area (Å²) in [6, 6.07) is 16.1. The molecule has 0 aliphatic carbocycles. The van der Waals surface area contributed by atoms with E-state index in [0.717, 1.165) is 5.69 Å². The van der Waals surface area contributed by atoms with E-state index in [1.54, 1.807) is 48.5 Å². The lowest BCUT2D eigenvalue weighted by atomic mass is 9.94. The van der Waals surface area contributed by atoms with Crippen molar-refractivity contribution in [2.75, 3.05) is 44.7 Å². The Morgan fingerprint density at radius 2 is 1.66 bits per heavy atom. The zero-order chi connectivity index (χ0) is 27.6. The zero-order valence-corrected chi connectivity index (χ0v) is 22.6. The van der Waals surface area contributed by atoms with Gasteiger partial charge in [0, 0.05) is 31.0 Å². The second kappa shape index (κ2) is 11.1. The second-order valence-corrected chi connectivity index (χ2v) is 9.18. The molecule has 1 heterocycles. The average molecular weight is 537 g/mol. The summed E-state index contributed by atoms with van der Waals surface area (Å²) in [6.45, 7) is 2.24. The van der Waals surface area contributed by atoms with Crippen molar-refractivity contribution in [1.82, 2.24) is 0 Å². The van der Waals surface area contributed by atoms with E-state index in [9.17, 15) is 14.7 Å². The summed E-state index contributed by atoms with van der Waals surface area (Å²) in [5.74, 6) is -0.652. The number of ketones is 1. The standard InChI is InChI=1S/C29H29ClN2O6/c1-6-38-20-12-13-22(30)21(16-20)27(33)25-26(17-7-14-23(36-4)24(15-17)37-5)32(29(35)28(25)34)19-10-8-18(9-11-19)31(2)3/h7-16,26,33H,6H2,1-5H3/b27-25+. The number of hydrogen-bond donors (Lipinski definition) is 1. The van der Waals surface area contributed by atoms with E-state index in [-0.39, 0.29) is 16.2 Å². The largest absolute Gasteiger partial charge is 0.507 e. The molecule has 1 N–H and O–H groups in total. The Labute approximate surface area is 226 Å². The lowest BCUT2D eigenvalue weighted by Crippen LogP contribution is -2.29. The number of amides is 1. The minimum absolute atomic E-state index is 0.102. The first-order valence-electron chi connectivity index (χ1n) is 11.9. The van der Waals surface area contributed by atoms with E-state index in [0.29, 0.717) is 35.1 Å². The Morgan fingerprint density at radius 3 is 2.26 bits per heavy atom. The van der Waals surface area contributed by atoms with Gasteiger partial charge in [0.1, 0.15) is 11.5 Å². The molecule has 1 saturated heterocycles. The number of aliphatic hydroxyl groups excluding tert-OH is 1. The van der Waals surface area contributed by atoms with Gasteiger partial charge in [-0.05, 0) is 67.1 Å². The van der Waals surface area contributed by atoms with Crippen LogP contribution in [0.1, 0.15) is 24.1 Å². The van der Waals surface area contributed by atoms with Gasteiger partial charge in [-0.3, -0.25) is 14.5 Å². The van der Waals surface area contributed by atoms with Crippen LogP contribution in [0.4, 0.5) is 11.4 Å². The fourth-order valence-electron chi connectivity index (χ4n) is 4.44. The Morgan fingerprint density at radius 1 is 0.974 bits per heavy atom. The maximum absolute atomic E-state index is 13.5. The molecular weight excluding hydrogens is 508 g/mol. The first-order chi connectivity index (χ1) is 18.2. The number of carbonyl (C=O) groups is 2. The highest BCUT2D eigenvalue weighted by Gasteiger charge is 2.47. The van der Waals surface area contributed by atoms with E-state index in [1.807, 2.05) is 38.1 Å². The Balaban J connectivity index is 1.96. The monoisotopic (exact) mass is 536 g/mol. The van der Waals surface area contributed by atoms with Gasteiger partial charge in [-0.25, -0.2) is 0 Å². The summed E-state index contributed by atoms with van der Waals surface area (Å²) in [5, 5.41) is 11.7. The summed E-state index contributed by atoms with van der Waals surface area (Å²) < 4.78 is 16.4. The third-order valence-corrected chi connectivity index (χ3v) is 6.65. The van der Waals surface area contributed by atoms with Gasteiger partial charge in [0.25, 0.3) is 11.7 Å². The summed E-state index contributed by atoms with van der Waals surface area (Å²) in [7, 11) is 6.83. The Kier molecular flexibility index (Phi) is 7.83. The number of methoxy groups -OCH3 is 2. The number of carbonyl (C=O) groups excluding carboxylic acids is 2. The number of nitrogens with zero attached hydrogens (tertiary/aromatic N) is 2. The van der Waals surface area contributed by atoms with Crippen LogP contribution in [0.2, 0.25) is 5.02 Å². The molecule has 0 aromatic heterocycles. The molecule has 4 rings (SSSR count). The highest BCUT2D eigenvalue weighted by molar-refractivity contribution is 6.52. The van der Waals surface area contributed by atoms with Gasteiger partial charge < -0.3 is 24.2 Å². The van der Waals surface area contributed by atoms with E-state index in [4.69, 9.17) is 25.8 Å². The Bertz CT molecular complexity index is 1400. The van der Waals surface area contributed by atoms with E-state index in [2.05, 4.69) is 0 Å². The third-order valence-electron chi connectivity index (χ3n) is 6.32. The SMILES string of the molecule is CCOc1ccc(Cl)c(/C(O)=C2\C(=O)C(=O)N(c3ccc(N(C)C)cc3)C2c2ccc(OC)c(OC)c2)c1. The molecule has 0 spiro atoms. The predicted octanol–water partition coefficient (Wildman–Crippen LogP) is 5.45. The van der Waals surface area contributed by atoms with E-state index < -0.39 is 23.5 Å². The molecule has 1 atom stereocenters. The maximum atomic E-state index is 13.5.